The minimum absolute atomic E-state index is 0.0564. The van der Waals surface area contributed by atoms with Crippen LogP contribution in [-0.2, 0) is 21.2 Å². The predicted molar refractivity (Wildman–Crippen MR) is 103 cm³/mol. The lowest BCUT2D eigenvalue weighted by Crippen LogP contribution is -2.37. The monoisotopic (exact) mass is 393 g/mol. The molecule has 1 saturated heterocycles. The van der Waals surface area contributed by atoms with Crippen LogP contribution in [0.25, 0.3) is 5.65 Å². The highest BCUT2D eigenvalue weighted by molar-refractivity contribution is 7.88. The van der Waals surface area contributed by atoms with E-state index >= 15 is 0 Å². The highest BCUT2D eigenvalue weighted by Gasteiger charge is 2.24. The number of carbonyl (C=O) groups is 1. The quantitative estimate of drug-likeness (QED) is 0.776. The van der Waals surface area contributed by atoms with Crippen LogP contribution in [-0.4, -0.2) is 70.6 Å². The number of hydrogen-bond acceptors (Lipinski definition) is 5. The van der Waals surface area contributed by atoms with E-state index in [2.05, 4.69) is 10.1 Å². The van der Waals surface area contributed by atoms with E-state index in [0.29, 0.717) is 45.4 Å². The summed E-state index contributed by atoms with van der Waals surface area (Å²) in [5, 5.41) is 4.47. The number of sulfonamides is 1. The van der Waals surface area contributed by atoms with Gasteiger partial charge in [-0.15, -0.1) is 0 Å². The van der Waals surface area contributed by atoms with Crippen molar-refractivity contribution in [3.63, 3.8) is 0 Å². The standard InChI is InChI=1S/C18H27N5O3S/c1-13-12-17-19-14(2)16(15(3)23(17)20-13)6-7-18(24)21-8-5-9-22(11-10-21)27(4,25)26/h12H,5-11H2,1-4H3. The molecule has 0 radical (unpaired) electrons. The van der Waals surface area contributed by atoms with Crippen LogP contribution < -0.4 is 0 Å². The molecule has 27 heavy (non-hydrogen) atoms. The van der Waals surface area contributed by atoms with Crippen LogP contribution in [0.1, 0.15) is 35.5 Å². The van der Waals surface area contributed by atoms with Gasteiger partial charge in [-0.05, 0) is 39.2 Å². The van der Waals surface area contributed by atoms with E-state index in [9.17, 15) is 13.2 Å². The first-order valence-electron chi connectivity index (χ1n) is 9.22. The number of aromatic nitrogens is 3. The van der Waals surface area contributed by atoms with E-state index in [-0.39, 0.29) is 5.91 Å². The van der Waals surface area contributed by atoms with Crippen molar-refractivity contribution in [1.82, 2.24) is 23.8 Å². The number of rotatable bonds is 4. The molecule has 0 atom stereocenters. The predicted octanol–water partition coefficient (Wildman–Crippen LogP) is 1.08. The highest BCUT2D eigenvalue weighted by Crippen LogP contribution is 2.18. The molecule has 0 saturated carbocycles. The van der Waals surface area contributed by atoms with E-state index in [1.807, 2.05) is 31.4 Å². The van der Waals surface area contributed by atoms with Crippen molar-refractivity contribution >= 4 is 21.6 Å². The van der Waals surface area contributed by atoms with Crippen LogP contribution in [0.2, 0.25) is 0 Å². The van der Waals surface area contributed by atoms with Gasteiger partial charge in [-0.2, -0.15) is 5.10 Å². The number of hydrogen-bond donors (Lipinski definition) is 0. The average molecular weight is 394 g/mol. The molecule has 9 heteroatoms. The Morgan fingerprint density at radius 3 is 2.59 bits per heavy atom. The maximum Gasteiger partial charge on any atom is 0.222 e. The van der Waals surface area contributed by atoms with Crippen molar-refractivity contribution in [3.8, 4) is 0 Å². The maximum absolute atomic E-state index is 12.7. The van der Waals surface area contributed by atoms with Crippen molar-refractivity contribution < 1.29 is 13.2 Å². The first-order valence-corrected chi connectivity index (χ1v) is 11.1. The van der Waals surface area contributed by atoms with E-state index in [1.165, 1.54) is 10.6 Å². The van der Waals surface area contributed by atoms with Gasteiger partial charge in [-0.25, -0.2) is 22.2 Å². The summed E-state index contributed by atoms with van der Waals surface area (Å²) < 4.78 is 26.7. The molecule has 0 aromatic carbocycles. The summed E-state index contributed by atoms with van der Waals surface area (Å²) in [5.41, 5.74) is 4.72. The minimum Gasteiger partial charge on any atom is -0.341 e. The maximum atomic E-state index is 12.7. The van der Waals surface area contributed by atoms with Crippen molar-refractivity contribution in [1.29, 1.82) is 0 Å². The Bertz CT molecular complexity index is 967. The van der Waals surface area contributed by atoms with E-state index in [4.69, 9.17) is 0 Å². The Morgan fingerprint density at radius 2 is 1.89 bits per heavy atom. The molecule has 3 rings (SSSR count). The number of fused-ring (bicyclic) bond motifs is 1. The van der Waals surface area contributed by atoms with Gasteiger partial charge in [0.1, 0.15) is 0 Å². The fourth-order valence-corrected chi connectivity index (χ4v) is 4.54. The van der Waals surface area contributed by atoms with Gasteiger partial charge in [-0.1, -0.05) is 0 Å². The molecular weight excluding hydrogens is 366 g/mol. The molecule has 0 spiro atoms. The van der Waals surface area contributed by atoms with Gasteiger partial charge in [0.15, 0.2) is 5.65 Å². The Labute approximate surface area is 160 Å². The van der Waals surface area contributed by atoms with Gasteiger partial charge < -0.3 is 4.90 Å². The molecule has 0 N–H and O–H groups in total. The molecule has 0 unspecified atom stereocenters. The molecule has 2 aromatic heterocycles. The van der Waals surface area contributed by atoms with Crippen molar-refractivity contribution in [3.05, 3.63) is 28.7 Å². The Kier molecular flexibility index (Phi) is 5.53. The summed E-state index contributed by atoms with van der Waals surface area (Å²) in [6.45, 7) is 7.78. The van der Waals surface area contributed by atoms with E-state index in [0.717, 1.165) is 28.3 Å². The third kappa shape index (κ3) is 4.30. The SMILES string of the molecule is Cc1cc2nc(C)c(CCC(=O)N3CCCN(S(C)(=O)=O)CC3)c(C)n2n1. The van der Waals surface area contributed by atoms with E-state index in [1.54, 1.807) is 4.90 Å². The van der Waals surface area contributed by atoms with Crippen LogP contribution in [0.3, 0.4) is 0 Å². The fraction of sp³-hybridized carbons (Fsp3) is 0.611. The van der Waals surface area contributed by atoms with Crippen molar-refractivity contribution in [2.75, 3.05) is 32.4 Å². The molecule has 3 heterocycles. The Balaban J connectivity index is 1.68. The lowest BCUT2D eigenvalue weighted by Gasteiger charge is -2.21. The van der Waals surface area contributed by atoms with Crippen LogP contribution in [0.5, 0.6) is 0 Å². The van der Waals surface area contributed by atoms with Crippen LogP contribution in [0, 0.1) is 20.8 Å². The smallest absolute Gasteiger partial charge is 0.222 e. The Morgan fingerprint density at radius 1 is 1.15 bits per heavy atom. The van der Waals surface area contributed by atoms with Crippen molar-refractivity contribution in [2.45, 2.75) is 40.0 Å². The zero-order chi connectivity index (χ0) is 19.8. The molecule has 1 fully saturated rings. The van der Waals surface area contributed by atoms with Crippen molar-refractivity contribution in [2.24, 2.45) is 0 Å². The summed E-state index contributed by atoms with van der Waals surface area (Å²) in [6, 6.07) is 1.94. The molecule has 8 nitrogen and oxygen atoms in total. The highest BCUT2D eigenvalue weighted by atomic mass is 32.2. The van der Waals surface area contributed by atoms with Gasteiger partial charge in [0, 0.05) is 50.1 Å². The average Bonchev–Trinajstić information content (AvgIpc) is 2.80. The molecule has 1 aliphatic heterocycles. The topological polar surface area (TPSA) is 87.9 Å². The second kappa shape index (κ2) is 7.55. The number of aryl methyl sites for hydroxylation is 3. The van der Waals surface area contributed by atoms with Gasteiger partial charge in [0.25, 0.3) is 0 Å². The van der Waals surface area contributed by atoms with E-state index < -0.39 is 10.0 Å². The first-order chi connectivity index (χ1) is 12.7. The van der Waals surface area contributed by atoms with Gasteiger partial charge in [-0.3, -0.25) is 4.79 Å². The molecule has 148 valence electrons. The van der Waals surface area contributed by atoms with Gasteiger partial charge in [0.2, 0.25) is 15.9 Å². The first kappa shape index (κ1) is 19.8. The second-order valence-electron chi connectivity index (χ2n) is 7.21. The molecule has 2 aromatic rings. The lowest BCUT2D eigenvalue weighted by molar-refractivity contribution is -0.131. The summed E-state index contributed by atoms with van der Waals surface area (Å²) in [6.07, 6.45) is 2.87. The summed E-state index contributed by atoms with van der Waals surface area (Å²) >= 11 is 0. The van der Waals surface area contributed by atoms with Crippen LogP contribution in [0.15, 0.2) is 6.07 Å². The van der Waals surface area contributed by atoms with Gasteiger partial charge >= 0.3 is 0 Å². The van der Waals surface area contributed by atoms with Crippen LogP contribution in [0.4, 0.5) is 0 Å². The lowest BCUT2D eigenvalue weighted by atomic mass is 10.1. The molecule has 1 amide bonds. The fourth-order valence-electron chi connectivity index (χ4n) is 3.67. The largest absolute Gasteiger partial charge is 0.341 e. The zero-order valence-electron chi connectivity index (χ0n) is 16.4. The number of carbonyl (C=O) groups excluding carboxylic acids is 1. The number of amides is 1. The third-order valence-electron chi connectivity index (χ3n) is 5.15. The summed E-state index contributed by atoms with van der Waals surface area (Å²) in [7, 11) is -3.21. The molecule has 1 aliphatic rings. The van der Waals surface area contributed by atoms with Gasteiger partial charge in [0.05, 0.1) is 11.9 Å². The summed E-state index contributed by atoms with van der Waals surface area (Å²) in [5.74, 6) is 0.0564. The number of nitrogens with zero attached hydrogens (tertiary/aromatic N) is 5. The third-order valence-corrected chi connectivity index (χ3v) is 6.45. The van der Waals surface area contributed by atoms with Crippen LogP contribution >= 0.6 is 0 Å². The molecule has 0 aliphatic carbocycles. The zero-order valence-corrected chi connectivity index (χ0v) is 17.2. The normalized spacial score (nSPS) is 16.7. The Hall–Kier alpha value is -2.00. The second-order valence-corrected chi connectivity index (χ2v) is 9.20. The minimum atomic E-state index is -3.21. The molecular formula is C18H27N5O3S. The molecule has 0 bridgehead atoms. The summed E-state index contributed by atoms with van der Waals surface area (Å²) in [4.78, 5) is 19.1.